The van der Waals surface area contributed by atoms with E-state index >= 15 is 4.39 Å². The molecule has 10 heteroatoms. The Morgan fingerprint density at radius 2 is 1.73 bits per heavy atom. The number of benzene rings is 3. The number of carbonyl (C=O) groups excluding carboxylic acids is 2. The van der Waals surface area contributed by atoms with Gasteiger partial charge in [0.2, 0.25) is 0 Å². The van der Waals surface area contributed by atoms with E-state index in [0.29, 0.717) is 35.3 Å². The van der Waals surface area contributed by atoms with Crippen molar-refractivity contribution in [1.29, 1.82) is 0 Å². The molecule has 2 N–H and O–H groups in total. The third-order valence-corrected chi connectivity index (χ3v) is 11.0. The fourth-order valence-corrected chi connectivity index (χ4v) is 8.44. The first kappa shape index (κ1) is 29.8. The summed E-state index contributed by atoms with van der Waals surface area (Å²) in [4.78, 5) is 44.7. The molecule has 4 aliphatic rings. The molecular formula is C39H32FN3O6. The Labute approximate surface area is 280 Å². The first-order chi connectivity index (χ1) is 23.7. The number of hydrogen-bond donors (Lipinski definition) is 2. The number of fused-ring (bicyclic) bond motifs is 8. The molecule has 5 aromatic rings. The van der Waals surface area contributed by atoms with Crippen LogP contribution in [0.5, 0.6) is 0 Å². The number of nitrogens with zero attached hydrogens (tertiary/aromatic N) is 2. The van der Waals surface area contributed by atoms with Gasteiger partial charge >= 0.3 is 12.1 Å². The van der Waals surface area contributed by atoms with Gasteiger partial charge in [-0.1, -0.05) is 55.5 Å². The van der Waals surface area contributed by atoms with E-state index in [0.717, 1.165) is 44.3 Å². The van der Waals surface area contributed by atoms with Crippen molar-refractivity contribution < 1.29 is 28.6 Å². The minimum absolute atomic E-state index is 0.0298. The summed E-state index contributed by atoms with van der Waals surface area (Å²) in [5.41, 5.74) is 6.98. The van der Waals surface area contributed by atoms with Crippen LogP contribution in [0, 0.1) is 12.7 Å². The summed E-state index contributed by atoms with van der Waals surface area (Å²) in [5, 5.41) is 15.2. The van der Waals surface area contributed by atoms with Crippen molar-refractivity contribution in [2.45, 2.75) is 63.8 Å². The molecule has 0 bridgehead atoms. The zero-order valence-electron chi connectivity index (χ0n) is 26.9. The quantitative estimate of drug-likeness (QED) is 0.239. The van der Waals surface area contributed by atoms with Crippen LogP contribution in [0.3, 0.4) is 0 Å². The van der Waals surface area contributed by atoms with E-state index in [9.17, 15) is 19.5 Å². The van der Waals surface area contributed by atoms with E-state index in [1.54, 1.807) is 24.5 Å². The lowest BCUT2D eigenvalue weighted by molar-refractivity contribution is -0.172. The van der Waals surface area contributed by atoms with E-state index in [1.807, 2.05) is 24.3 Å². The van der Waals surface area contributed by atoms with Gasteiger partial charge in [-0.2, -0.15) is 0 Å². The van der Waals surface area contributed by atoms with Crippen LogP contribution in [0.15, 0.2) is 65.5 Å². The molecule has 2 atom stereocenters. The van der Waals surface area contributed by atoms with Gasteiger partial charge in [0.15, 0.2) is 5.60 Å². The second kappa shape index (κ2) is 10.6. The minimum Gasteiger partial charge on any atom is -0.458 e. The van der Waals surface area contributed by atoms with Crippen LogP contribution in [0.25, 0.3) is 33.4 Å². The second-order valence-corrected chi connectivity index (χ2v) is 13.5. The number of halogens is 1. The molecule has 2 aliphatic heterocycles. The van der Waals surface area contributed by atoms with Gasteiger partial charge < -0.3 is 24.5 Å². The number of hydrogen-bond acceptors (Lipinski definition) is 7. The van der Waals surface area contributed by atoms with E-state index in [4.69, 9.17) is 14.5 Å². The van der Waals surface area contributed by atoms with Gasteiger partial charge in [0.1, 0.15) is 19.0 Å². The third kappa shape index (κ3) is 4.19. The summed E-state index contributed by atoms with van der Waals surface area (Å²) < 4.78 is 28.1. The highest BCUT2D eigenvalue weighted by atomic mass is 19.1. The smallest absolute Gasteiger partial charge is 0.407 e. The predicted molar refractivity (Wildman–Crippen MR) is 179 cm³/mol. The van der Waals surface area contributed by atoms with Crippen molar-refractivity contribution in [2.75, 3.05) is 6.61 Å². The summed E-state index contributed by atoms with van der Waals surface area (Å²) in [5.74, 6) is -1.29. The summed E-state index contributed by atoms with van der Waals surface area (Å²) in [6, 6.07) is 19.0. The van der Waals surface area contributed by atoms with E-state index in [-0.39, 0.29) is 48.8 Å². The number of cyclic esters (lactones) is 1. The summed E-state index contributed by atoms with van der Waals surface area (Å²) in [7, 11) is 0. The number of esters is 1. The fraction of sp³-hybridized carbons (Fsp3) is 0.282. The van der Waals surface area contributed by atoms with Crippen LogP contribution in [0.1, 0.15) is 63.8 Å². The molecule has 1 unspecified atom stereocenters. The molecule has 1 amide bonds. The molecule has 0 radical (unpaired) electrons. The summed E-state index contributed by atoms with van der Waals surface area (Å²) in [6.07, 6.45) is 0.290. The monoisotopic (exact) mass is 657 g/mol. The van der Waals surface area contributed by atoms with E-state index < -0.39 is 29.5 Å². The largest absolute Gasteiger partial charge is 0.458 e. The zero-order chi connectivity index (χ0) is 33.8. The van der Waals surface area contributed by atoms with Gasteiger partial charge in [-0.05, 0) is 71.2 Å². The summed E-state index contributed by atoms with van der Waals surface area (Å²) in [6.45, 7) is 3.54. The zero-order valence-corrected chi connectivity index (χ0v) is 26.9. The first-order valence-corrected chi connectivity index (χ1v) is 16.6. The number of alkyl carbamates (subject to hydrolysis) is 1. The van der Waals surface area contributed by atoms with E-state index in [2.05, 4.69) is 29.6 Å². The number of nitrogens with one attached hydrogen (secondary N) is 1. The fourth-order valence-electron chi connectivity index (χ4n) is 8.44. The molecule has 2 aromatic heterocycles. The number of rotatable bonds is 4. The number of ether oxygens (including phenoxy) is 2. The molecule has 49 heavy (non-hydrogen) atoms. The average Bonchev–Trinajstić information content (AvgIpc) is 3.64. The molecule has 0 saturated heterocycles. The number of carbonyl (C=O) groups is 2. The van der Waals surface area contributed by atoms with Gasteiger partial charge in [0.05, 0.1) is 29.0 Å². The normalized spacial score (nSPS) is 19.8. The Hall–Kier alpha value is -5.35. The highest BCUT2D eigenvalue weighted by Crippen LogP contribution is 2.45. The van der Waals surface area contributed by atoms with Gasteiger partial charge in [-0.3, -0.25) is 4.79 Å². The Balaban J connectivity index is 1.05. The maximum absolute atomic E-state index is 15.4. The molecule has 2 aliphatic carbocycles. The standard InChI is InChI=1S/C39H32FN3O6/c1-3-39(47)30-14-33-35-27(16-43(33)36(44)29(30)18-48-37(39)45)26-13-20(12-25-19(2)31(40)15-32(42-35)34(25)26)41-38(46)49-17-28-23-10-6-4-8-21(23)22-9-5-7-11-24(22)28/h4-11,14-15,20,28,47H,3,12-13,16-18H2,1-2H3,(H,41,46)/t20?,39-/m0/s1. The lowest BCUT2D eigenvalue weighted by Gasteiger charge is -2.31. The van der Waals surface area contributed by atoms with Crippen LogP contribution < -0.4 is 10.9 Å². The van der Waals surface area contributed by atoms with Crippen molar-refractivity contribution in [3.05, 3.63) is 121 Å². The number of pyridine rings is 2. The Kier molecular flexibility index (Phi) is 6.42. The average molecular weight is 658 g/mol. The first-order valence-electron chi connectivity index (χ1n) is 16.6. The van der Waals surface area contributed by atoms with E-state index in [1.165, 1.54) is 6.07 Å². The molecule has 0 saturated carbocycles. The maximum Gasteiger partial charge on any atom is 0.407 e. The highest BCUT2D eigenvalue weighted by Gasteiger charge is 2.46. The Bertz CT molecular complexity index is 2320. The Morgan fingerprint density at radius 3 is 2.45 bits per heavy atom. The number of aromatic nitrogens is 2. The predicted octanol–water partition coefficient (Wildman–Crippen LogP) is 5.53. The van der Waals surface area contributed by atoms with Crippen molar-refractivity contribution in [1.82, 2.24) is 14.9 Å². The molecule has 4 heterocycles. The van der Waals surface area contributed by atoms with Crippen molar-refractivity contribution in [3.63, 3.8) is 0 Å². The van der Waals surface area contributed by atoms with Gasteiger partial charge in [-0.15, -0.1) is 0 Å². The molecule has 0 spiro atoms. The third-order valence-electron chi connectivity index (χ3n) is 11.0. The van der Waals surface area contributed by atoms with Crippen molar-refractivity contribution in [2.24, 2.45) is 0 Å². The van der Waals surface area contributed by atoms with Crippen molar-refractivity contribution in [3.8, 4) is 22.5 Å². The van der Waals surface area contributed by atoms with Crippen LogP contribution in [-0.2, 0) is 45.9 Å². The molecular weight excluding hydrogens is 625 g/mol. The molecule has 0 fully saturated rings. The minimum atomic E-state index is -1.95. The topological polar surface area (TPSA) is 120 Å². The van der Waals surface area contributed by atoms with Crippen LogP contribution >= 0.6 is 0 Å². The SMILES string of the molecule is CC[C@@]1(O)C(=O)OCc2c1cc1n(c2=O)Cc2c-1nc1cc(F)c(C)c3c1c2CC(NC(=O)OCC1c2ccccc2-c2ccccc21)C3. The summed E-state index contributed by atoms with van der Waals surface area (Å²) >= 11 is 0. The van der Waals surface area contributed by atoms with Gasteiger partial charge in [0.25, 0.3) is 5.56 Å². The molecule has 246 valence electrons. The number of aliphatic hydroxyl groups is 1. The molecule has 9 rings (SSSR count). The van der Waals surface area contributed by atoms with Crippen molar-refractivity contribution >= 4 is 23.0 Å². The maximum atomic E-state index is 15.4. The van der Waals surface area contributed by atoms with Gasteiger partial charge in [0, 0.05) is 34.5 Å². The van der Waals surface area contributed by atoms with Gasteiger partial charge in [-0.25, -0.2) is 19.0 Å². The molecule has 3 aromatic carbocycles. The van der Waals surface area contributed by atoms with Crippen LogP contribution in [0.2, 0.25) is 0 Å². The van der Waals surface area contributed by atoms with Crippen LogP contribution in [0.4, 0.5) is 9.18 Å². The number of amides is 1. The highest BCUT2D eigenvalue weighted by molar-refractivity contribution is 5.93. The lowest BCUT2D eigenvalue weighted by atomic mass is 9.82. The Morgan fingerprint density at radius 1 is 1.04 bits per heavy atom. The lowest BCUT2D eigenvalue weighted by Crippen LogP contribution is -2.44. The second-order valence-electron chi connectivity index (χ2n) is 13.5. The van der Waals surface area contributed by atoms with Crippen LogP contribution in [-0.4, -0.2) is 39.4 Å². The molecule has 9 nitrogen and oxygen atoms in total.